The number of likely N-dealkylation sites (N-methyl/N-ethyl adjacent to an activating group) is 1. The number of rotatable bonds is 4. The third-order valence-electron chi connectivity index (χ3n) is 3.79. The summed E-state index contributed by atoms with van der Waals surface area (Å²) in [5.74, 6) is 1.60. The number of H-pyrrole nitrogens is 1. The minimum absolute atomic E-state index is 0.575. The molecule has 0 saturated carbocycles. The summed E-state index contributed by atoms with van der Waals surface area (Å²) in [6.45, 7) is 4.84. The number of imidazole rings is 1. The molecule has 0 aromatic carbocycles. The van der Waals surface area contributed by atoms with Crippen molar-refractivity contribution in [2.75, 3.05) is 43.9 Å². The number of anilines is 2. The molecule has 1 aliphatic rings. The van der Waals surface area contributed by atoms with Crippen LogP contribution in [-0.4, -0.2) is 64.6 Å². The molecule has 1 aliphatic heterocycles. The second-order valence-electron chi connectivity index (χ2n) is 5.35. The molecular weight excluding hydrogens is 254 g/mol. The highest BCUT2D eigenvalue weighted by Gasteiger charge is 2.27. The summed E-state index contributed by atoms with van der Waals surface area (Å²) in [5.41, 5.74) is 1.64. The molecule has 0 aliphatic carbocycles. The van der Waals surface area contributed by atoms with E-state index in [1.54, 1.807) is 6.33 Å². The summed E-state index contributed by atoms with van der Waals surface area (Å²) in [7, 11) is 4.26. The van der Waals surface area contributed by atoms with Gasteiger partial charge < -0.3 is 20.1 Å². The molecule has 7 heteroatoms. The zero-order valence-electron chi connectivity index (χ0n) is 12.2. The molecule has 3 rings (SSSR count). The van der Waals surface area contributed by atoms with Crippen LogP contribution in [0.2, 0.25) is 0 Å². The van der Waals surface area contributed by atoms with E-state index >= 15 is 0 Å². The third-order valence-corrected chi connectivity index (χ3v) is 3.79. The van der Waals surface area contributed by atoms with Crippen molar-refractivity contribution in [3.05, 3.63) is 6.33 Å². The van der Waals surface area contributed by atoms with E-state index in [0.29, 0.717) is 12.0 Å². The molecule has 20 heavy (non-hydrogen) atoms. The molecule has 1 fully saturated rings. The van der Waals surface area contributed by atoms with E-state index in [1.807, 2.05) is 6.92 Å². The number of aromatic amines is 1. The van der Waals surface area contributed by atoms with E-state index in [4.69, 9.17) is 0 Å². The van der Waals surface area contributed by atoms with Crippen molar-refractivity contribution >= 4 is 22.9 Å². The molecule has 3 heterocycles. The summed E-state index contributed by atoms with van der Waals surface area (Å²) in [5, 5.41) is 3.17. The first-order valence-corrected chi connectivity index (χ1v) is 7.05. The Balaban J connectivity index is 1.95. The van der Waals surface area contributed by atoms with Crippen LogP contribution in [0.4, 0.5) is 11.8 Å². The topological polar surface area (TPSA) is 73.0 Å². The van der Waals surface area contributed by atoms with Gasteiger partial charge in [0.2, 0.25) is 5.95 Å². The molecular formula is C13H21N7. The smallest absolute Gasteiger partial charge is 0.226 e. The van der Waals surface area contributed by atoms with Crippen LogP contribution < -0.4 is 10.2 Å². The van der Waals surface area contributed by atoms with Crippen LogP contribution in [0, 0.1) is 0 Å². The first-order valence-electron chi connectivity index (χ1n) is 7.05. The molecule has 0 spiro atoms. The van der Waals surface area contributed by atoms with Gasteiger partial charge in [0.05, 0.1) is 6.33 Å². The van der Waals surface area contributed by atoms with Crippen molar-refractivity contribution in [3.8, 4) is 0 Å². The molecule has 0 radical (unpaired) electrons. The first kappa shape index (κ1) is 13.1. The van der Waals surface area contributed by atoms with Gasteiger partial charge in [0.15, 0.2) is 11.5 Å². The molecule has 7 nitrogen and oxygen atoms in total. The highest BCUT2D eigenvalue weighted by Crippen LogP contribution is 2.26. The van der Waals surface area contributed by atoms with E-state index in [2.05, 4.69) is 49.1 Å². The van der Waals surface area contributed by atoms with Crippen molar-refractivity contribution in [2.45, 2.75) is 19.4 Å². The molecule has 1 saturated heterocycles. The quantitative estimate of drug-likeness (QED) is 0.864. The van der Waals surface area contributed by atoms with Crippen molar-refractivity contribution in [3.63, 3.8) is 0 Å². The number of hydrogen-bond donors (Lipinski definition) is 2. The molecule has 1 atom stereocenters. The standard InChI is InChI=1S/C13H21N7/c1-4-14-13-17-11-10(15-8-16-11)12(18-13)20-6-5-9(7-20)19(2)3/h8-9H,4-7H2,1-3H3,(H2,14,15,16,17,18). The van der Waals surface area contributed by atoms with Crippen LogP contribution in [0.15, 0.2) is 6.33 Å². The van der Waals surface area contributed by atoms with Crippen LogP contribution >= 0.6 is 0 Å². The van der Waals surface area contributed by atoms with Crippen LogP contribution in [0.3, 0.4) is 0 Å². The van der Waals surface area contributed by atoms with Gasteiger partial charge in [-0.15, -0.1) is 0 Å². The molecule has 2 N–H and O–H groups in total. The Bertz CT molecular complexity index is 591. The number of aromatic nitrogens is 4. The normalized spacial score (nSPS) is 19.2. The minimum Gasteiger partial charge on any atom is -0.354 e. The van der Waals surface area contributed by atoms with Gasteiger partial charge in [-0.05, 0) is 27.4 Å². The molecule has 0 bridgehead atoms. The van der Waals surface area contributed by atoms with E-state index in [1.165, 1.54) is 0 Å². The number of nitrogens with one attached hydrogen (secondary N) is 2. The predicted molar refractivity (Wildman–Crippen MR) is 80.2 cm³/mol. The lowest BCUT2D eigenvalue weighted by molar-refractivity contribution is 0.315. The number of nitrogens with zero attached hydrogens (tertiary/aromatic N) is 5. The van der Waals surface area contributed by atoms with Gasteiger partial charge in [-0.3, -0.25) is 0 Å². The van der Waals surface area contributed by atoms with Crippen molar-refractivity contribution in [2.24, 2.45) is 0 Å². The van der Waals surface area contributed by atoms with E-state index in [-0.39, 0.29) is 0 Å². The second kappa shape index (κ2) is 5.24. The highest BCUT2D eigenvalue weighted by atomic mass is 15.3. The maximum atomic E-state index is 4.65. The Kier molecular flexibility index (Phi) is 3.43. The van der Waals surface area contributed by atoms with Gasteiger partial charge in [-0.2, -0.15) is 9.97 Å². The zero-order valence-corrected chi connectivity index (χ0v) is 12.2. The summed E-state index contributed by atoms with van der Waals surface area (Å²) in [6.07, 6.45) is 2.83. The van der Waals surface area contributed by atoms with Gasteiger partial charge in [-0.25, -0.2) is 4.98 Å². The molecule has 1 unspecified atom stereocenters. The Morgan fingerprint density at radius 2 is 2.30 bits per heavy atom. The fraction of sp³-hybridized carbons (Fsp3) is 0.615. The summed E-state index contributed by atoms with van der Waals surface area (Å²) < 4.78 is 0. The maximum absolute atomic E-state index is 4.65. The Labute approximate surface area is 118 Å². The fourth-order valence-electron chi connectivity index (χ4n) is 2.64. The predicted octanol–water partition coefficient (Wildman–Crippen LogP) is 0.925. The Morgan fingerprint density at radius 3 is 3.00 bits per heavy atom. The Morgan fingerprint density at radius 1 is 1.45 bits per heavy atom. The minimum atomic E-state index is 0.575. The highest BCUT2D eigenvalue weighted by molar-refractivity contribution is 5.84. The SMILES string of the molecule is CCNc1nc(N2CCC(N(C)C)C2)c2[nH]cnc2n1. The fourth-order valence-corrected chi connectivity index (χ4v) is 2.64. The lowest BCUT2D eigenvalue weighted by Crippen LogP contribution is -2.31. The molecule has 2 aromatic heterocycles. The third kappa shape index (κ3) is 2.29. The van der Waals surface area contributed by atoms with Gasteiger partial charge in [0, 0.05) is 25.7 Å². The van der Waals surface area contributed by atoms with Crippen molar-refractivity contribution < 1.29 is 0 Å². The monoisotopic (exact) mass is 275 g/mol. The first-order chi connectivity index (χ1) is 9.69. The summed E-state index contributed by atoms with van der Waals surface area (Å²) >= 11 is 0. The molecule has 2 aromatic rings. The summed E-state index contributed by atoms with van der Waals surface area (Å²) in [6, 6.07) is 0.575. The average molecular weight is 275 g/mol. The number of hydrogen-bond acceptors (Lipinski definition) is 6. The molecule has 108 valence electrons. The van der Waals surface area contributed by atoms with Gasteiger partial charge in [0.1, 0.15) is 5.52 Å². The van der Waals surface area contributed by atoms with E-state index in [0.717, 1.165) is 43.0 Å². The lowest BCUT2D eigenvalue weighted by atomic mass is 10.2. The van der Waals surface area contributed by atoms with E-state index in [9.17, 15) is 0 Å². The van der Waals surface area contributed by atoms with Gasteiger partial charge in [-0.1, -0.05) is 0 Å². The van der Waals surface area contributed by atoms with Crippen LogP contribution in [0.25, 0.3) is 11.2 Å². The van der Waals surface area contributed by atoms with Gasteiger partial charge >= 0.3 is 0 Å². The van der Waals surface area contributed by atoms with Gasteiger partial charge in [0.25, 0.3) is 0 Å². The average Bonchev–Trinajstić information content (AvgIpc) is 3.07. The summed E-state index contributed by atoms with van der Waals surface area (Å²) in [4.78, 5) is 21.1. The van der Waals surface area contributed by atoms with Crippen LogP contribution in [0.1, 0.15) is 13.3 Å². The van der Waals surface area contributed by atoms with Crippen molar-refractivity contribution in [1.29, 1.82) is 0 Å². The lowest BCUT2D eigenvalue weighted by Gasteiger charge is -2.21. The second-order valence-corrected chi connectivity index (χ2v) is 5.35. The molecule has 0 amide bonds. The van der Waals surface area contributed by atoms with Crippen LogP contribution in [0.5, 0.6) is 0 Å². The maximum Gasteiger partial charge on any atom is 0.226 e. The van der Waals surface area contributed by atoms with E-state index < -0.39 is 0 Å². The van der Waals surface area contributed by atoms with Crippen LogP contribution in [-0.2, 0) is 0 Å². The largest absolute Gasteiger partial charge is 0.354 e. The zero-order chi connectivity index (χ0) is 14.1. The Hall–Kier alpha value is -1.89. The van der Waals surface area contributed by atoms with Crippen molar-refractivity contribution in [1.82, 2.24) is 24.8 Å². The number of fused-ring (bicyclic) bond motifs is 1.